The Kier molecular flexibility index (Phi) is 2.86. The van der Waals surface area contributed by atoms with Crippen LogP contribution in [0.4, 0.5) is 11.5 Å². The molecule has 16 heavy (non-hydrogen) atoms. The van der Waals surface area contributed by atoms with E-state index in [1.807, 2.05) is 0 Å². The number of hydrogen-bond donors (Lipinski definition) is 1. The maximum atomic E-state index is 10.7. The molecular weight excluding hydrogens is 214 g/mol. The van der Waals surface area contributed by atoms with Crippen LogP contribution in [-0.4, -0.2) is 36.3 Å². The Morgan fingerprint density at radius 1 is 1.62 bits per heavy atom. The lowest BCUT2D eigenvalue weighted by Gasteiger charge is -2.25. The van der Waals surface area contributed by atoms with Crippen LogP contribution in [0.5, 0.6) is 5.88 Å². The summed E-state index contributed by atoms with van der Waals surface area (Å²) in [6, 6.07) is 2.90. The zero-order chi connectivity index (χ0) is 11.5. The predicted octanol–water partition coefficient (Wildman–Crippen LogP) is 0.809. The number of aromatic nitrogens is 1. The van der Waals surface area contributed by atoms with Crippen LogP contribution >= 0.6 is 0 Å². The number of pyridine rings is 1. The van der Waals surface area contributed by atoms with Crippen LogP contribution in [0.1, 0.15) is 0 Å². The maximum absolute atomic E-state index is 10.7. The molecule has 2 rings (SSSR count). The van der Waals surface area contributed by atoms with Gasteiger partial charge in [0.05, 0.1) is 18.1 Å². The molecule has 1 aromatic heterocycles. The zero-order valence-electron chi connectivity index (χ0n) is 8.67. The normalized spacial score (nSPS) is 15.3. The standard InChI is InChI=1S/C9H11N3O4/c1-10-8-3-2-7(12(13)14)9(11-8)16-6-4-15-5-6/h2-3,6H,4-5H2,1H3,(H,10,11). The average molecular weight is 225 g/mol. The topological polar surface area (TPSA) is 86.5 Å². The van der Waals surface area contributed by atoms with Crippen molar-refractivity contribution in [3.8, 4) is 5.88 Å². The first-order chi connectivity index (χ1) is 7.70. The second-order valence-electron chi connectivity index (χ2n) is 3.31. The zero-order valence-corrected chi connectivity index (χ0v) is 8.67. The summed E-state index contributed by atoms with van der Waals surface area (Å²) in [7, 11) is 1.68. The third-order valence-corrected chi connectivity index (χ3v) is 2.18. The fourth-order valence-corrected chi connectivity index (χ4v) is 1.24. The third-order valence-electron chi connectivity index (χ3n) is 2.18. The van der Waals surface area contributed by atoms with Crippen molar-refractivity contribution in [1.82, 2.24) is 4.98 Å². The number of nitro groups is 1. The monoisotopic (exact) mass is 225 g/mol. The van der Waals surface area contributed by atoms with E-state index in [9.17, 15) is 10.1 Å². The molecule has 0 amide bonds. The summed E-state index contributed by atoms with van der Waals surface area (Å²) >= 11 is 0. The van der Waals surface area contributed by atoms with E-state index in [0.717, 1.165) is 0 Å². The first-order valence-corrected chi connectivity index (χ1v) is 4.78. The number of nitrogens with zero attached hydrogens (tertiary/aromatic N) is 2. The van der Waals surface area contributed by atoms with Crippen LogP contribution in [0.15, 0.2) is 12.1 Å². The summed E-state index contributed by atoms with van der Waals surface area (Å²) < 4.78 is 10.3. The average Bonchev–Trinajstić information content (AvgIpc) is 2.22. The molecule has 1 N–H and O–H groups in total. The highest BCUT2D eigenvalue weighted by molar-refractivity contribution is 5.48. The van der Waals surface area contributed by atoms with Crippen molar-refractivity contribution >= 4 is 11.5 Å². The lowest BCUT2D eigenvalue weighted by Crippen LogP contribution is -2.38. The van der Waals surface area contributed by atoms with E-state index in [4.69, 9.17) is 9.47 Å². The second kappa shape index (κ2) is 4.31. The minimum Gasteiger partial charge on any atom is -0.465 e. The van der Waals surface area contributed by atoms with Crippen LogP contribution in [0, 0.1) is 10.1 Å². The minimum atomic E-state index is -0.513. The molecule has 7 nitrogen and oxygen atoms in total. The van der Waals surface area contributed by atoms with Gasteiger partial charge < -0.3 is 14.8 Å². The summed E-state index contributed by atoms with van der Waals surface area (Å²) in [6.45, 7) is 0.894. The van der Waals surface area contributed by atoms with Crippen molar-refractivity contribution in [3.63, 3.8) is 0 Å². The molecule has 1 fully saturated rings. The molecule has 0 bridgehead atoms. The highest BCUT2D eigenvalue weighted by Crippen LogP contribution is 2.27. The van der Waals surface area contributed by atoms with Crippen molar-refractivity contribution < 1.29 is 14.4 Å². The molecule has 0 atom stereocenters. The van der Waals surface area contributed by atoms with Crippen LogP contribution < -0.4 is 10.1 Å². The number of hydrogen-bond acceptors (Lipinski definition) is 6. The third kappa shape index (κ3) is 2.03. The van der Waals surface area contributed by atoms with Crippen molar-refractivity contribution in [1.29, 1.82) is 0 Å². The highest BCUT2D eigenvalue weighted by atomic mass is 16.6. The molecular formula is C9H11N3O4. The smallest absolute Gasteiger partial charge is 0.331 e. The Morgan fingerprint density at radius 2 is 2.38 bits per heavy atom. The molecule has 0 spiro atoms. The number of rotatable bonds is 4. The van der Waals surface area contributed by atoms with Gasteiger partial charge in [-0.05, 0) is 6.07 Å². The number of nitrogens with one attached hydrogen (secondary N) is 1. The summed E-state index contributed by atoms with van der Waals surface area (Å²) in [6.07, 6.45) is -0.140. The summed E-state index contributed by atoms with van der Waals surface area (Å²) in [5, 5.41) is 13.5. The van der Waals surface area contributed by atoms with E-state index in [2.05, 4.69) is 10.3 Å². The first-order valence-electron chi connectivity index (χ1n) is 4.78. The Hall–Kier alpha value is -1.89. The molecule has 2 heterocycles. The van der Waals surface area contributed by atoms with Gasteiger partial charge >= 0.3 is 5.69 Å². The quantitative estimate of drug-likeness (QED) is 0.602. The van der Waals surface area contributed by atoms with Crippen molar-refractivity contribution in [2.45, 2.75) is 6.10 Å². The van der Waals surface area contributed by atoms with Gasteiger partial charge in [0.1, 0.15) is 11.9 Å². The van der Waals surface area contributed by atoms with Gasteiger partial charge in [0.25, 0.3) is 5.88 Å². The molecule has 86 valence electrons. The Labute approximate surface area is 91.5 Å². The number of anilines is 1. The number of ether oxygens (including phenoxy) is 2. The van der Waals surface area contributed by atoms with Gasteiger partial charge in [-0.3, -0.25) is 10.1 Å². The largest absolute Gasteiger partial charge is 0.465 e. The van der Waals surface area contributed by atoms with Crippen molar-refractivity contribution in [2.24, 2.45) is 0 Å². The van der Waals surface area contributed by atoms with Crippen LogP contribution in [0.2, 0.25) is 0 Å². The molecule has 1 aliphatic rings. The Balaban J connectivity index is 2.25. The van der Waals surface area contributed by atoms with Crippen molar-refractivity contribution in [3.05, 3.63) is 22.2 Å². The predicted molar refractivity (Wildman–Crippen MR) is 55.7 cm³/mol. The molecule has 1 aromatic rings. The molecule has 0 unspecified atom stereocenters. The highest BCUT2D eigenvalue weighted by Gasteiger charge is 2.26. The van der Waals surface area contributed by atoms with Crippen molar-refractivity contribution in [2.75, 3.05) is 25.6 Å². The molecule has 7 heteroatoms. The van der Waals surface area contributed by atoms with Gasteiger partial charge in [0.2, 0.25) is 0 Å². The van der Waals surface area contributed by atoms with E-state index < -0.39 is 4.92 Å². The van der Waals surface area contributed by atoms with Gasteiger partial charge in [-0.15, -0.1) is 0 Å². The van der Waals surface area contributed by atoms with Crippen LogP contribution in [0.3, 0.4) is 0 Å². The summed E-state index contributed by atoms with van der Waals surface area (Å²) in [5.74, 6) is 0.561. The van der Waals surface area contributed by atoms with Gasteiger partial charge in [-0.2, -0.15) is 4.98 Å². The fraction of sp³-hybridized carbons (Fsp3) is 0.444. The Bertz CT molecular complexity index is 406. The Morgan fingerprint density at radius 3 is 2.88 bits per heavy atom. The first kappa shape index (κ1) is 10.6. The lowest BCUT2D eigenvalue weighted by atomic mass is 10.3. The second-order valence-corrected chi connectivity index (χ2v) is 3.31. The lowest BCUT2D eigenvalue weighted by molar-refractivity contribution is -0.386. The van der Waals surface area contributed by atoms with Gasteiger partial charge in [0.15, 0.2) is 0 Å². The molecule has 0 radical (unpaired) electrons. The minimum absolute atomic E-state index is 0.0325. The molecule has 1 aliphatic heterocycles. The van der Waals surface area contributed by atoms with Gasteiger partial charge in [0, 0.05) is 13.1 Å². The van der Waals surface area contributed by atoms with Gasteiger partial charge in [-0.1, -0.05) is 0 Å². The van der Waals surface area contributed by atoms with Crippen LogP contribution in [0.25, 0.3) is 0 Å². The summed E-state index contributed by atoms with van der Waals surface area (Å²) in [4.78, 5) is 14.2. The molecule has 0 saturated carbocycles. The van der Waals surface area contributed by atoms with Gasteiger partial charge in [-0.25, -0.2) is 0 Å². The van der Waals surface area contributed by atoms with E-state index in [1.165, 1.54) is 12.1 Å². The fourth-order valence-electron chi connectivity index (χ4n) is 1.24. The van der Waals surface area contributed by atoms with E-state index in [1.54, 1.807) is 7.05 Å². The van der Waals surface area contributed by atoms with E-state index in [-0.39, 0.29) is 17.7 Å². The molecule has 0 aromatic carbocycles. The maximum Gasteiger partial charge on any atom is 0.331 e. The summed E-state index contributed by atoms with van der Waals surface area (Å²) in [5.41, 5.74) is -0.133. The van der Waals surface area contributed by atoms with E-state index >= 15 is 0 Å². The molecule has 0 aliphatic carbocycles. The SMILES string of the molecule is CNc1ccc([N+](=O)[O-])c(OC2COC2)n1. The van der Waals surface area contributed by atoms with Crippen LogP contribution in [-0.2, 0) is 4.74 Å². The molecule has 1 saturated heterocycles. The van der Waals surface area contributed by atoms with E-state index in [0.29, 0.717) is 19.0 Å².